The third kappa shape index (κ3) is 4.96. The number of aromatic nitrogens is 1. The predicted molar refractivity (Wildman–Crippen MR) is 128 cm³/mol. The van der Waals surface area contributed by atoms with Crippen LogP contribution in [0.25, 0.3) is 0 Å². The molecule has 0 radical (unpaired) electrons. The van der Waals surface area contributed by atoms with Crippen LogP contribution in [0.4, 0.5) is 11.5 Å². The zero-order valence-electron chi connectivity index (χ0n) is 19.1. The minimum atomic E-state index is -0.562. The van der Waals surface area contributed by atoms with E-state index in [-0.39, 0.29) is 24.0 Å². The van der Waals surface area contributed by atoms with Crippen LogP contribution in [0.1, 0.15) is 56.8 Å². The molecule has 2 fully saturated rings. The molecule has 2 aliphatic rings. The SMILES string of the molecule is COCCNc1cc(C(=O)NC2CC3CCC(C2)N3c2ccc(C(N)=O)cn2)ccc1C(N)=O. The molecule has 2 bridgehead atoms. The predicted octanol–water partition coefficient (Wildman–Crippen LogP) is 1.27. The van der Waals surface area contributed by atoms with Gasteiger partial charge in [-0.3, -0.25) is 14.4 Å². The van der Waals surface area contributed by atoms with Crippen LogP contribution >= 0.6 is 0 Å². The van der Waals surface area contributed by atoms with Crippen molar-refractivity contribution >= 4 is 29.2 Å². The van der Waals surface area contributed by atoms with E-state index < -0.39 is 11.8 Å². The number of hydrogen-bond donors (Lipinski definition) is 4. The van der Waals surface area contributed by atoms with Gasteiger partial charge in [-0.1, -0.05) is 0 Å². The van der Waals surface area contributed by atoms with Gasteiger partial charge in [-0.25, -0.2) is 4.98 Å². The van der Waals surface area contributed by atoms with Crippen LogP contribution in [-0.2, 0) is 4.74 Å². The molecule has 1 aromatic heterocycles. The number of ether oxygens (including phenoxy) is 1. The fourth-order valence-corrected chi connectivity index (χ4v) is 4.96. The smallest absolute Gasteiger partial charge is 0.251 e. The molecule has 4 rings (SSSR count). The van der Waals surface area contributed by atoms with Crippen LogP contribution in [0.2, 0.25) is 0 Å². The number of pyridine rings is 1. The molecule has 0 spiro atoms. The monoisotopic (exact) mass is 466 g/mol. The van der Waals surface area contributed by atoms with Gasteiger partial charge in [0.15, 0.2) is 0 Å². The summed E-state index contributed by atoms with van der Waals surface area (Å²) in [6, 6.07) is 8.93. The van der Waals surface area contributed by atoms with Crippen molar-refractivity contribution in [1.82, 2.24) is 10.3 Å². The molecule has 34 heavy (non-hydrogen) atoms. The van der Waals surface area contributed by atoms with Crippen molar-refractivity contribution in [2.45, 2.75) is 43.8 Å². The quantitative estimate of drug-likeness (QED) is 0.406. The van der Waals surface area contributed by atoms with Crippen LogP contribution in [0, 0.1) is 0 Å². The maximum absolute atomic E-state index is 13.0. The lowest BCUT2D eigenvalue weighted by atomic mass is 9.96. The van der Waals surface area contributed by atoms with Crippen LogP contribution in [0.15, 0.2) is 36.5 Å². The Balaban J connectivity index is 1.42. The topological polar surface area (TPSA) is 153 Å². The molecule has 3 amide bonds. The van der Waals surface area contributed by atoms with Gasteiger partial charge in [0.05, 0.1) is 17.7 Å². The summed E-state index contributed by atoms with van der Waals surface area (Å²) in [4.78, 5) is 42.8. The Hall–Kier alpha value is -3.66. The van der Waals surface area contributed by atoms with Crippen LogP contribution in [0.5, 0.6) is 0 Å². The molecule has 1 aromatic carbocycles. The average Bonchev–Trinajstić information content (AvgIpc) is 3.09. The molecule has 3 heterocycles. The summed E-state index contributed by atoms with van der Waals surface area (Å²) in [5.41, 5.74) is 12.5. The van der Waals surface area contributed by atoms with E-state index in [9.17, 15) is 14.4 Å². The number of nitrogens with one attached hydrogen (secondary N) is 2. The molecule has 2 atom stereocenters. The Labute approximate surface area is 198 Å². The number of anilines is 2. The van der Waals surface area contributed by atoms with Gasteiger partial charge in [0.25, 0.3) is 11.8 Å². The van der Waals surface area contributed by atoms with Gasteiger partial charge in [0, 0.05) is 49.2 Å². The van der Waals surface area contributed by atoms with Gasteiger partial charge in [-0.2, -0.15) is 0 Å². The molecule has 6 N–H and O–H groups in total. The van der Waals surface area contributed by atoms with Crippen molar-refractivity contribution in [3.05, 3.63) is 53.2 Å². The zero-order valence-corrected chi connectivity index (χ0v) is 19.1. The van der Waals surface area contributed by atoms with Gasteiger partial charge in [-0.05, 0) is 56.0 Å². The lowest BCUT2D eigenvalue weighted by molar-refractivity contribution is 0.0924. The van der Waals surface area contributed by atoms with Gasteiger partial charge < -0.3 is 31.7 Å². The standard InChI is InChI=1S/C24H30N6O4/c1-34-9-8-27-20-10-14(2-6-19(20)23(26)32)24(33)29-16-11-17-4-5-18(12-16)30(17)21-7-3-15(13-28-21)22(25)31/h2-3,6-7,10,13,16-18,27H,4-5,8-9,11-12H2,1H3,(H2,25,31)(H2,26,32)(H,29,33). The number of benzene rings is 1. The first kappa shape index (κ1) is 23.5. The summed E-state index contributed by atoms with van der Waals surface area (Å²) in [5.74, 6) is -0.415. The van der Waals surface area contributed by atoms with E-state index in [0.717, 1.165) is 31.5 Å². The minimum Gasteiger partial charge on any atom is -0.383 e. The van der Waals surface area contributed by atoms with Crippen molar-refractivity contribution in [3.8, 4) is 0 Å². The maximum atomic E-state index is 13.0. The number of hydrogen-bond acceptors (Lipinski definition) is 7. The maximum Gasteiger partial charge on any atom is 0.251 e. The fourth-order valence-electron chi connectivity index (χ4n) is 4.96. The summed E-state index contributed by atoms with van der Waals surface area (Å²) in [5, 5.41) is 6.26. The van der Waals surface area contributed by atoms with Gasteiger partial charge in [0.2, 0.25) is 5.91 Å². The van der Waals surface area contributed by atoms with Crippen LogP contribution in [-0.4, -0.2) is 61.1 Å². The summed E-state index contributed by atoms with van der Waals surface area (Å²) in [6.45, 7) is 0.939. The second-order valence-electron chi connectivity index (χ2n) is 8.75. The number of amides is 3. The highest BCUT2D eigenvalue weighted by atomic mass is 16.5. The van der Waals surface area contributed by atoms with E-state index in [0.29, 0.717) is 35.5 Å². The second kappa shape index (κ2) is 10.1. The van der Waals surface area contributed by atoms with Gasteiger partial charge in [0.1, 0.15) is 5.82 Å². The summed E-state index contributed by atoms with van der Waals surface area (Å²) >= 11 is 0. The number of nitrogens with two attached hydrogens (primary N) is 2. The fraction of sp³-hybridized carbons (Fsp3) is 0.417. The first-order valence-corrected chi connectivity index (χ1v) is 11.4. The third-order valence-electron chi connectivity index (χ3n) is 6.53. The molecule has 2 aromatic rings. The van der Waals surface area contributed by atoms with E-state index in [4.69, 9.17) is 16.2 Å². The molecule has 0 aliphatic carbocycles. The largest absolute Gasteiger partial charge is 0.383 e. The number of fused-ring (bicyclic) bond motifs is 2. The number of rotatable bonds is 9. The Morgan fingerprint density at radius 2 is 1.76 bits per heavy atom. The highest BCUT2D eigenvalue weighted by molar-refractivity contribution is 6.02. The Bertz CT molecular complexity index is 1060. The molecule has 2 saturated heterocycles. The lowest BCUT2D eigenvalue weighted by Crippen LogP contribution is -2.50. The van der Waals surface area contributed by atoms with E-state index in [1.807, 2.05) is 6.07 Å². The summed E-state index contributed by atoms with van der Waals surface area (Å²) in [7, 11) is 1.59. The van der Waals surface area contributed by atoms with Crippen molar-refractivity contribution in [3.63, 3.8) is 0 Å². The Kier molecular flexibility index (Phi) is 6.97. The van der Waals surface area contributed by atoms with E-state index >= 15 is 0 Å². The first-order chi connectivity index (χ1) is 16.4. The van der Waals surface area contributed by atoms with Crippen molar-refractivity contribution in [2.24, 2.45) is 11.5 Å². The van der Waals surface area contributed by atoms with Crippen molar-refractivity contribution in [1.29, 1.82) is 0 Å². The zero-order chi connectivity index (χ0) is 24.2. The molecule has 10 heteroatoms. The normalized spacial score (nSPS) is 21.2. The van der Waals surface area contributed by atoms with E-state index in [1.54, 1.807) is 31.4 Å². The molecular weight excluding hydrogens is 436 g/mol. The van der Waals surface area contributed by atoms with E-state index in [1.165, 1.54) is 6.20 Å². The van der Waals surface area contributed by atoms with Crippen LogP contribution in [0.3, 0.4) is 0 Å². The number of carbonyl (C=O) groups excluding carboxylic acids is 3. The van der Waals surface area contributed by atoms with Crippen molar-refractivity contribution < 1.29 is 19.1 Å². The number of methoxy groups -OCH3 is 1. The highest BCUT2D eigenvalue weighted by Crippen LogP contribution is 2.38. The minimum absolute atomic E-state index is 0.0341. The summed E-state index contributed by atoms with van der Waals surface area (Å²) < 4.78 is 5.04. The molecule has 2 aliphatic heterocycles. The number of carbonyl (C=O) groups is 3. The highest BCUT2D eigenvalue weighted by Gasteiger charge is 2.41. The Morgan fingerprint density at radius 1 is 1.06 bits per heavy atom. The molecule has 2 unspecified atom stereocenters. The molecule has 0 saturated carbocycles. The molecule has 180 valence electrons. The Morgan fingerprint density at radius 3 is 2.35 bits per heavy atom. The number of piperidine rings is 1. The molecule has 10 nitrogen and oxygen atoms in total. The number of nitrogens with zero attached hydrogens (tertiary/aromatic N) is 2. The van der Waals surface area contributed by atoms with Crippen LogP contribution < -0.4 is 27.0 Å². The first-order valence-electron chi connectivity index (χ1n) is 11.4. The second-order valence-corrected chi connectivity index (χ2v) is 8.75. The third-order valence-corrected chi connectivity index (χ3v) is 6.53. The van der Waals surface area contributed by atoms with Crippen molar-refractivity contribution in [2.75, 3.05) is 30.5 Å². The van der Waals surface area contributed by atoms with E-state index in [2.05, 4.69) is 20.5 Å². The number of primary amides is 2. The average molecular weight is 467 g/mol. The van der Waals surface area contributed by atoms with Gasteiger partial charge in [-0.15, -0.1) is 0 Å². The molecular formula is C24H30N6O4. The lowest BCUT2D eigenvalue weighted by Gasteiger charge is -2.40. The summed E-state index contributed by atoms with van der Waals surface area (Å²) in [6.07, 6.45) is 5.17. The van der Waals surface area contributed by atoms with Gasteiger partial charge >= 0.3 is 0 Å².